The molecule has 0 spiro atoms. The number of hydrogen-bond donors (Lipinski definition) is 1. The first kappa shape index (κ1) is 17.7. The highest BCUT2D eigenvalue weighted by molar-refractivity contribution is 5.68. The lowest BCUT2D eigenvalue weighted by atomic mass is 9.93. The van der Waals surface area contributed by atoms with E-state index < -0.39 is 17.2 Å². The lowest BCUT2D eigenvalue weighted by Gasteiger charge is -2.37. The van der Waals surface area contributed by atoms with Gasteiger partial charge in [0.05, 0.1) is 0 Å². The number of benzene rings is 1. The van der Waals surface area contributed by atoms with Gasteiger partial charge in [-0.1, -0.05) is 6.07 Å². The molecular formula is C17H24F2N2O2. The Morgan fingerprint density at radius 2 is 2.04 bits per heavy atom. The zero-order valence-corrected chi connectivity index (χ0v) is 14.0. The van der Waals surface area contributed by atoms with E-state index in [2.05, 4.69) is 5.32 Å². The van der Waals surface area contributed by atoms with E-state index in [-0.39, 0.29) is 18.2 Å². The van der Waals surface area contributed by atoms with Crippen LogP contribution in [-0.2, 0) is 4.74 Å². The molecule has 128 valence electrons. The number of carbonyl (C=O) groups is 1. The SMILES string of the molecule is CN(C(=O)OC(C)(C)C)C1CCNC(c2ccc(F)cc2F)C1. The molecule has 1 aromatic rings. The highest BCUT2D eigenvalue weighted by Gasteiger charge is 2.31. The largest absolute Gasteiger partial charge is 0.444 e. The smallest absolute Gasteiger partial charge is 0.410 e. The molecule has 0 aromatic heterocycles. The number of ether oxygens (including phenoxy) is 1. The number of nitrogens with zero attached hydrogens (tertiary/aromatic N) is 1. The van der Waals surface area contributed by atoms with Crippen molar-refractivity contribution in [2.75, 3.05) is 13.6 Å². The monoisotopic (exact) mass is 326 g/mol. The molecule has 2 unspecified atom stereocenters. The van der Waals surface area contributed by atoms with Crippen molar-refractivity contribution < 1.29 is 18.3 Å². The van der Waals surface area contributed by atoms with E-state index in [1.807, 2.05) is 20.8 Å². The first-order valence-corrected chi connectivity index (χ1v) is 7.81. The Morgan fingerprint density at radius 3 is 2.65 bits per heavy atom. The summed E-state index contributed by atoms with van der Waals surface area (Å²) in [6.45, 7) is 6.10. The number of amides is 1. The molecule has 1 aliphatic rings. The van der Waals surface area contributed by atoms with Crippen LogP contribution in [0.4, 0.5) is 13.6 Å². The third-order valence-electron chi connectivity index (χ3n) is 3.94. The van der Waals surface area contributed by atoms with Crippen molar-refractivity contribution in [3.63, 3.8) is 0 Å². The van der Waals surface area contributed by atoms with Gasteiger partial charge in [-0.25, -0.2) is 13.6 Å². The minimum atomic E-state index is -0.593. The summed E-state index contributed by atoms with van der Waals surface area (Å²) in [4.78, 5) is 13.7. The van der Waals surface area contributed by atoms with Crippen LogP contribution in [0.2, 0.25) is 0 Å². The minimum Gasteiger partial charge on any atom is -0.444 e. The van der Waals surface area contributed by atoms with Crippen molar-refractivity contribution in [1.29, 1.82) is 0 Å². The number of rotatable bonds is 2. The Bertz CT molecular complexity index is 572. The molecule has 2 atom stereocenters. The number of nitrogens with one attached hydrogen (secondary N) is 1. The Balaban J connectivity index is 2.07. The fourth-order valence-corrected chi connectivity index (χ4v) is 2.75. The first-order valence-electron chi connectivity index (χ1n) is 7.81. The maximum atomic E-state index is 14.0. The van der Waals surface area contributed by atoms with E-state index in [4.69, 9.17) is 4.74 Å². The van der Waals surface area contributed by atoms with Crippen LogP contribution in [-0.4, -0.2) is 36.2 Å². The molecule has 1 aliphatic heterocycles. The lowest BCUT2D eigenvalue weighted by molar-refractivity contribution is 0.0178. The molecule has 1 fully saturated rings. The van der Waals surface area contributed by atoms with Crippen LogP contribution in [0.1, 0.15) is 45.2 Å². The average Bonchev–Trinajstić information content (AvgIpc) is 2.44. The van der Waals surface area contributed by atoms with Gasteiger partial charge in [0, 0.05) is 30.8 Å². The van der Waals surface area contributed by atoms with E-state index in [0.29, 0.717) is 18.5 Å². The quantitative estimate of drug-likeness (QED) is 0.902. The third-order valence-corrected chi connectivity index (χ3v) is 3.94. The molecule has 1 N–H and O–H groups in total. The molecule has 6 heteroatoms. The molecule has 1 saturated heterocycles. The third kappa shape index (κ3) is 4.64. The van der Waals surface area contributed by atoms with Gasteiger partial charge >= 0.3 is 6.09 Å². The molecule has 0 bridgehead atoms. The lowest BCUT2D eigenvalue weighted by Crippen LogP contribution is -2.46. The van der Waals surface area contributed by atoms with Crippen LogP contribution in [0.15, 0.2) is 18.2 Å². The van der Waals surface area contributed by atoms with Crippen LogP contribution in [0.3, 0.4) is 0 Å². The maximum absolute atomic E-state index is 14.0. The molecule has 1 amide bonds. The fraction of sp³-hybridized carbons (Fsp3) is 0.588. The van der Waals surface area contributed by atoms with Crippen LogP contribution in [0.5, 0.6) is 0 Å². The molecule has 23 heavy (non-hydrogen) atoms. The molecular weight excluding hydrogens is 302 g/mol. The number of carbonyl (C=O) groups excluding carboxylic acids is 1. The predicted octanol–water partition coefficient (Wildman–Crippen LogP) is 3.62. The van der Waals surface area contributed by atoms with Gasteiger partial charge in [-0.05, 0) is 46.2 Å². The topological polar surface area (TPSA) is 41.6 Å². The second kappa shape index (κ2) is 6.83. The van der Waals surface area contributed by atoms with Crippen molar-refractivity contribution in [2.24, 2.45) is 0 Å². The molecule has 0 saturated carbocycles. The van der Waals surface area contributed by atoms with Gasteiger partial charge in [0.15, 0.2) is 0 Å². The van der Waals surface area contributed by atoms with Gasteiger partial charge in [0.1, 0.15) is 17.2 Å². The molecule has 0 radical (unpaired) electrons. The molecule has 2 rings (SSSR count). The summed E-state index contributed by atoms with van der Waals surface area (Å²) in [5, 5.41) is 3.23. The van der Waals surface area contributed by atoms with E-state index in [1.165, 1.54) is 12.1 Å². The highest BCUT2D eigenvalue weighted by atomic mass is 19.1. The van der Waals surface area contributed by atoms with Crippen molar-refractivity contribution in [3.05, 3.63) is 35.4 Å². The number of piperidine rings is 1. The van der Waals surface area contributed by atoms with E-state index >= 15 is 0 Å². The van der Waals surface area contributed by atoms with Crippen molar-refractivity contribution in [3.8, 4) is 0 Å². The highest BCUT2D eigenvalue weighted by Crippen LogP contribution is 2.28. The van der Waals surface area contributed by atoms with Crippen molar-refractivity contribution in [2.45, 2.75) is 51.3 Å². The molecule has 0 aliphatic carbocycles. The maximum Gasteiger partial charge on any atom is 0.410 e. The van der Waals surface area contributed by atoms with Gasteiger partial charge in [0.25, 0.3) is 0 Å². The van der Waals surface area contributed by atoms with Crippen molar-refractivity contribution >= 4 is 6.09 Å². The van der Waals surface area contributed by atoms with E-state index in [9.17, 15) is 13.6 Å². The Labute approximate surface area is 135 Å². The van der Waals surface area contributed by atoms with Crippen molar-refractivity contribution in [1.82, 2.24) is 10.2 Å². The standard InChI is InChI=1S/C17H24F2N2O2/c1-17(2,3)23-16(22)21(4)12-7-8-20-15(10-12)13-6-5-11(18)9-14(13)19/h5-6,9,12,15,20H,7-8,10H2,1-4H3. The first-order chi connectivity index (χ1) is 10.7. The molecule has 4 nitrogen and oxygen atoms in total. The Morgan fingerprint density at radius 1 is 1.35 bits per heavy atom. The Hall–Kier alpha value is -1.69. The summed E-state index contributed by atoms with van der Waals surface area (Å²) in [6.07, 6.45) is 0.926. The van der Waals surface area contributed by atoms with Gasteiger partial charge < -0.3 is 15.0 Å². The number of hydrogen-bond acceptors (Lipinski definition) is 3. The van der Waals surface area contributed by atoms with Crippen LogP contribution in [0, 0.1) is 11.6 Å². The fourth-order valence-electron chi connectivity index (χ4n) is 2.75. The van der Waals surface area contributed by atoms with E-state index in [1.54, 1.807) is 11.9 Å². The molecule has 1 aromatic carbocycles. The van der Waals surface area contributed by atoms with Gasteiger partial charge in [-0.15, -0.1) is 0 Å². The zero-order valence-electron chi connectivity index (χ0n) is 14.0. The summed E-state index contributed by atoms with van der Waals surface area (Å²) >= 11 is 0. The second-order valence-electron chi connectivity index (χ2n) is 6.94. The van der Waals surface area contributed by atoms with E-state index in [0.717, 1.165) is 12.5 Å². The second-order valence-corrected chi connectivity index (χ2v) is 6.94. The van der Waals surface area contributed by atoms with Gasteiger partial charge in [0.2, 0.25) is 0 Å². The zero-order chi connectivity index (χ0) is 17.2. The van der Waals surface area contributed by atoms with Gasteiger partial charge in [-0.3, -0.25) is 0 Å². The normalized spacial score (nSPS) is 21.8. The Kier molecular flexibility index (Phi) is 5.24. The van der Waals surface area contributed by atoms with Crippen LogP contribution < -0.4 is 5.32 Å². The van der Waals surface area contributed by atoms with Crippen LogP contribution in [0.25, 0.3) is 0 Å². The predicted molar refractivity (Wildman–Crippen MR) is 84.1 cm³/mol. The van der Waals surface area contributed by atoms with Gasteiger partial charge in [-0.2, -0.15) is 0 Å². The summed E-state index contributed by atoms with van der Waals surface area (Å²) in [6, 6.07) is 3.29. The average molecular weight is 326 g/mol. The molecule has 1 heterocycles. The summed E-state index contributed by atoms with van der Waals surface area (Å²) in [5.41, 5.74) is -0.130. The summed E-state index contributed by atoms with van der Waals surface area (Å²) in [5.74, 6) is -1.16. The summed E-state index contributed by atoms with van der Waals surface area (Å²) < 4.78 is 32.4. The number of halogens is 2. The summed E-state index contributed by atoms with van der Waals surface area (Å²) in [7, 11) is 1.70. The van der Waals surface area contributed by atoms with Crippen LogP contribution >= 0.6 is 0 Å². The minimum absolute atomic E-state index is 0.0550.